The predicted octanol–water partition coefficient (Wildman–Crippen LogP) is 7.05. The SMILES string of the molecule is CCCCCCCC1=NN2C(=N)C(=Cc3cc(I)c(OCCOc4ccc(C)cc4)c(OC)c3)C(=O)N=C2S1. The number of halogens is 1. The molecule has 2 aliphatic heterocycles. The van der Waals surface area contributed by atoms with Crippen molar-refractivity contribution in [3.8, 4) is 17.2 Å². The molecule has 0 fully saturated rings. The summed E-state index contributed by atoms with van der Waals surface area (Å²) in [6.07, 6.45) is 8.35. The van der Waals surface area contributed by atoms with E-state index in [1.807, 2.05) is 37.3 Å². The quantitative estimate of drug-likeness (QED) is 0.141. The molecular formula is C29H33IN4O4S. The number of unbranched alkanes of at least 4 members (excludes halogenated alkanes) is 4. The second-order valence-corrected chi connectivity index (χ2v) is 11.4. The smallest absolute Gasteiger partial charge is 0.283 e. The Hall–Kier alpha value is -2.86. The van der Waals surface area contributed by atoms with Gasteiger partial charge in [0.1, 0.15) is 24.0 Å². The molecule has 1 amide bonds. The lowest BCUT2D eigenvalue weighted by Crippen LogP contribution is -2.35. The summed E-state index contributed by atoms with van der Waals surface area (Å²) < 4.78 is 18.1. The number of aryl methyl sites for hydroxylation is 1. The number of amidine groups is 2. The number of thioether (sulfide) groups is 1. The Kier molecular flexibility index (Phi) is 10.4. The first-order chi connectivity index (χ1) is 18.9. The van der Waals surface area contributed by atoms with E-state index < -0.39 is 5.91 Å². The van der Waals surface area contributed by atoms with Crippen LogP contribution in [0.2, 0.25) is 0 Å². The van der Waals surface area contributed by atoms with Gasteiger partial charge in [-0.2, -0.15) is 15.1 Å². The van der Waals surface area contributed by atoms with E-state index in [-0.39, 0.29) is 11.4 Å². The molecule has 0 aliphatic carbocycles. The number of nitrogens with one attached hydrogen (secondary N) is 1. The Bertz CT molecular complexity index is 1310. The Balaban J connectivity index is 1.41. The molecule has 0 atom stereocenters. The summed E-state index contributed by atoms with van der Waals surface area (Å²) in [5.41, 5.74) is 2.07. The molecule has 0 radical (unpaired) electrons. The molecule has 1 N–H and O–H groups in total. The Morgan fingerprint density at radius 3 is 2.56 bits per heavy atom. The number of amides is 1. The van der Waals surface area contributed by atoms with Crippen LogP contribution in [0.1, 0.15) is 56.6 Å². The molecule has 0 unspecified atom stereocenters. The highest BCUT2D eigenvalue weighted by molar-refractivity contribution is 14.1. The number of carbonyl (C=O) groups excluding carboxylic acids is 1. The minimum absolute atomic E-state index is 0.0287. The average Bonchev–Trinajstić information content (AvgIpc) is 3.33. The van der Waals surface area contributed by atoms with Gasteiger partial charge in [0.25, 0.3) is 5.91 Å². The van der Waals surface area contributed by atoms with Gasteiger partial charge in [-0.25, -0.2) is 0 Å². The van der Waals surface area contributed by atoms with Crippen molar-refractivity contribution in [1.29, 1.82) is 5.41 Å². The van der Waals surface area contributed by atoms with Gasteiger partial charge >= 0.3 is 0 Å². The summed E-state index contributed by atoms with van der Waals surface area (Å²) in [7, 11) is 1.57. The van der Waals surface area contributed by atoms with Crippen molar-refractivity contribution < 1.29 is 19.0 Å². The molecule has 10 heteroatoms. The lowest BCUT2D eigenvalue weighted by atomic mass is 10.1. The fraction of sp³-hybridized carbons (Fsp3) is 0.379. The standard InChI is InChI=1S/C29H33IN4O4S/c1-4-5-6-7-8-9-25-33-34-27(31)22(28(35)32-29(34)39-25)16-20-17-23(30)26(24(18-20)36-3)38-15-14-37-21-12-10-19(2)11-13-21/h10-13,16-18,31H,4-9,14-15H2,1-3H3. The number of fused-ring (bicyclic) bond motifs is 1. The van der Waals surface area contributed by atoms with Gasteiger partial charge in [-0.1, -0.05) is 50.3 Å². The fourth-order valence-electron chi connectivity index (χ4n) is 4.08. The van der Waals surface area contributed by atoms with Gasteiger partial charge < -0.3 is 14.2 Å². The van der Waals surface area contributed by atoms with Gasteiger partial charge in [0.05, 0.1) is 16.3 Å². The average molecular weight is 661 g/mol. The highest BCUT2D eigenvalue weighted by Gasteiger charge is 2.35. The topological polar surface area (TPSA) is 96.6 Å². The third-order valence-corrected chi connectivity index (χ3v) is 7.94. The molecule has 2 aliphatic rings. The van der Waals surface area contributed by atoms with Crippen LogP contribution in [0.15, 0.2) is 52.1 Å². The highest BCUT2D eigenvalue weighted by atomic mass is 127. The van der Waals surface area contributed by atoms with E-state index in [2.05, 4.69) is 39.6 Å². The number of ether oxygens (including phenoxy) is 3. The fourth-order valence-corrected chi connectivity index (χ4v) is 5.79. The molecule has 39 heavy (non-hydrogen) atoms. The Labute approximate surface area is 247 Å². The van der Waals surface area contributed by atoms with E-state index in [0.29, 0.717) is 35.4 Å². The van der Waals surface area contributed by atoms with E-state index in [4.69, 9.17) is 19.6 Å². The number of methoxy groups -OCH3 is 1. The monoisotopic (exact) mass is 660 g/mol. The minimum atomic E-state index is -0.444. The molecular weight excluding hydrogens is 627 g/mol. The summed E-state index contributed by atoms with van der Waals surface area (Å²) in [6, 6.07) is 11.5. The molecule has 0 spiro atoms. The van der Waals surface area contributed by atoms with Crippen LogP contribution in [-0.4, -0.2) is 47.3 Å². The Morgan fingerprint density at radius 2 is 1.82 bits per heavy atom. The normalized spacial score (nSPS) is 15.8. The molecule has 0 saturated carbocycles. The van der Waals surface area contributed by atoms with E-state index in [0.717, 1.165) is 33.6 Å². The molecule has 4 rings (SSSR count). The van der Waals surface area contributed by atoms with Crippen LogP contribution in [0.25, 0.3) is 6.08 Å². The van der Waals surface area contributed by atoms with Crippen LogP contribution in [0.4, 0.5) is 0 Å². The number of rotatable bonds is 13. The summed E-state index contributed by atoms with van der Waals surface area (Å²) >= 11 is 3.56. The number of hydrogen-bond acceptors (Lipinski definition) is 7. The molecule has 2 aromatic rings. The first kappa shape index (κ1) is 29.1. The van der Waals surface area contributed by atoms with Crippen LogP contribution >= 0.6 is 34.4 Å². The molecule has 0 bridgehead atoms. The zero-order chi connectivity index (χ0) is 27.8. The Morgan fingerprint density at radius 1 is 1.08 bits per heavy atom. The third-order valence-electron chi connectivity index (χ3n) is 6.17. The van der Waals surface area contributed by atoms with Crippen LogP contribution in [0, 0.1) is 15.9 Å². The largest absolute Gasteiger partial charge is 0.493 e. The van der Waals surface area contributed by atoms with Gasteiger partial charge in [0, 0.05) is 0 Å². The van der Waals surface area contributed by atoms with Gasteiger partial charge in [-0.3, -0.25) is 10.2 Å². The second kappa shape index (κ2) is 14.0. The number of carbonyl (C=O) groups is 1. The first-order valence-electron chi connectivity index (χ1n) is 13.1. The molecule has 2 aromatic carbocycles. The van der Waals surface area contributed by atoms with Crippen molar-refractivity contribution in [3.63, 3.8) is 0 Å². The number of nitrogens with zero attached hydrogens (tertiary/aromatic N) is 3. The van der Waals surface area contributed by atoms with Crippen molar-refractivity contribution in [2.75, 3.05) is 20.3 Å². The molecule has 8 nitrogen and oxygen atoms in total. The molecule has 2 heterocycles. The molecule has 0 saturated heterocycles. The number of hydrazone groups is 1. The van der Waals surface area contributed by atoms with Gasteiger partial charge in [-0.05, 0) is 90.0 Å². The van der Waals surface area contributed by atoms with Crippen molar-refractivity contribution in [1.82, 2.24) is 5.01 Å². The van der Waals surface area contributed by atoms with Crippen LogP contribution < -0.4 is 14.2 Å². The maximum Gasteiger partial charge on any atom is 0.283 e. The second-order valence-electron chi connectivity index (χ2n) is 9.22. The predicted molar refractivity (Wildman–Crippen MR) is 166 cm³/mol. The van der Waals surface area contributed by atoms with E-state index in [1.165, 1.54) is 41.6 Å². The van der Waals surface area contributed by atoms with Crippen LogP contribution in [-0.2, 0) is 4.79 Å². The summed E-state index contributed by atoms with van der Waals surface area (Å²) in [6.45, 7) is 4.96. The highest BCUT2D eigenvalue weighted by Crippen LogP contribution is 2.36. The lowest BCUT2D eigenvalue weighted by molar-refractivity contribution is -0.114. The summed E-state index contributed by atoms with van der Waals surface area (Å²) in [4.78, 5) is 17.1. The number of benzene rings is 2. The van der Waals surface area contributed by atoms with Gasteiger partial charge in [0.15, 0.2) is 17.3 Å². The minimum Gasteiger partial charge on any atom is -0.493 e. The zero-order valence-electron chi connectivity index (χ0n) is 22.5. The van der Waals surface area contributed by atoms with Gasteiger partial charge in [0.2, 0.25) is 5.17 Å². The lowest BCUT2D eigenvalue weighted by Gasteiger charge is -2.20. The van der Waals surface area contributed by atoms with Crippen molar-refractivity contribution in [3.05, 3.63) is 56.7 Å². The van der Waals surface area contributed by atoms with Crippen molar-refractivity contribution in [2.45, 2.75) is 52.4 Å². The molecule has 0 aromatic heterocycles. The van der Waals surface area contributed by atoms with Gasteiger partial charge in [-0.15, -0.1) is 0 Å². The van der Waals surface area contributed by atoms with E-state index in [9.17, 15) is 4.79 Å². The van der Waals surface area contributed by atoms with Crippen LogP contribution in [0.3, 0.4) is 0 Å². The number of hydrogen-bond donors (Lipinski definition) is 1. The van der Waals surface area contributed by atoms with Crippen molar-refractivity contribution in [2.24, 2.45) is 10.1 Å². The van der Waals surface area contributed by atoms with E-state index >= 15 is 0 Å². The maximum atomic E-state index is 12.8. The summed E-state index contributed by atoms with van der Waals surface area (Å²) in [5.74, 6) is 1.50. The maximum absolute atomic E-state index is 12.8. The van der Waals surface area contributed by atoms with E-state index in [1.54, 1.807) is 19.3 Å². The number of aliphatic imine (C=N–C) groups is 1. The first-order valence-corrected chi connectivity index (χ1v) is 15.0. The zero-order valence-corrected chi connectivity index (χ0v) is 25.4. The third kappa shape index (κ3) is 7.63. The van der Waals surface area contributed by atoms with Crippen molar-refractivity contribution >= 4 is 62.4 Å². The van der Waals surface area contributed by atoms with Crippen LogP contribution in [0.5, 0.6) is 17.2 Å². The molecule has 206 valence electrons. The summed E-state index contributed by atoms with van der Waals surface area (Å²) in [5, 5.41) is 16.1.